The molecule has 0 unspecified atom stereocenters. The quantitative estimate of drug-likeness (QED) is 0.184. The van der Waals surface area contributed by atoms with Gasteiger partial charge in [-0.25, -0.2) is 0 Å². The predicted octanol–water partition coefficient (Wildman–Crippen LogP) is 10.6. The molecule has 6 atom stereocenters. The topological polar surface area (TPSA) is 9.23 Å². The first-order valence-corrected chi connectivity index (χ1v) is 18.0. The van der Waals surface area contributed by atoms with Crippen LogP contribution in [0.4, 0.5) is 0 Å². The molecular weight excluding hydrogens is 440 g/mol. The van der Waals surface area contributed by atoms with Gasteiger partial charge in [0, 0.05) is 0 Å². The lowest BCUT2D eigenvalue weighted by Crippen LogP contribution is -2.45. The van der Waals surface area contributed by atoms with Crippen LogP contribution < -0.4 is 0 Å². The zero-order valence-corrected chi connectivity index (χ0v) is 25.9. The molecule has 0 N–H and O–H groups in total. The molecule has 0 aromatic rings. The van der Waals surface area contributed by atoms with Crippen LogP contribution in [-0.4, -0.2) is 14.4 Å². The van der Waals surface area contributed by atoms with Crippen molar-refractivity contribution in [1.29, 1.82) is 0 Å². The largest absolute Gasteiger partial charge is 0.410 e. The Balaban J connectivity index is 1.74. The van der Waals surface area contributed by atoms with E-state index in [4.69, 9.17) is 4.43 Å². The summed E-state index contributed by atoms with van der Waals surface area (Å²) in [6.07, 6.45) is 20.1. The van der Waals surface area contributed by atoms with Gasteiger partial charge in [-0.3, -0.25) is 0 Å². The highest BCUT2D eigenvalue weighted by atomic mass is 28.4. The average Bonchev–Trinajstić information content (AvgIpc) is 3.12. The van der Waals surface area contributed by atoms with Crippen molar-refractivity contribution >= 4 is 8.32 Å². The van der Waals surface area contributed by atoms with Gasteiger partial charge >= 0.3 is 0 Å². The van der Waals surface area contributed by atoms with E-state index in [1.807, 2.05) is 0 Å². The van der Waals surface area contributed by atoms with Gasteiger partial charge in [-0.2, -0.15) is 0 Å². The van der Waals surface area contributed by atoms with E-state index >= 15 is 0 Å². The summed E-state index contributed by atoms with van der Waals surface area (Å²) in [5, 5.41) is 0.235. The average molecular weight is 499 g/mol. The Morgan fingerprint density at radius 2 is 1.86 bits per heavy atom. The summed E-state index contributed by atoms with van der Waals surface area (Å²) in [6, 6.07) is 0. The summed E-state index contributed by atoms with van der Waals surface area (Å²) in [5.74, 6) is 3.12. The molecule has 0 amide bonds. The van der Waals surface area contributed by atoms with Crippen LogP contribution in [-0.2, 0) is 4.43 Å². The predicted molar refractivity (Wildman–Crippen MR) is 157 cm³/mol. The van der Waals surface area contributed by atoms with E-state index in [-0.39, 0.29) is 11.1 Å². The molecule has 200 valence electrons. The molecule has 3 fully saturated rings. The Morgan fingerprint density at radius 3 is 2.51 bits per heavy atom. The van der Waals surface area contributed by atoms with Crippen molar-refractivity contribution in [3.05, 3.63) is 35.5 Å². The summed E-state index contributed by atoms with van der Waals surface area (Å²) in [4.78, 5) is 0. The van der Waals surface area contributed by atoms with Gasteiger partial charge in [0.2, 0.25) is 0 Å². The molecule has 3 aliphatic carbocycles. The number of allylic oxidation sites excluding steroid dienone is 3. The number of hydrogen-bond donors (Lipinski definition) is 0. The Hall–Kier alpha value is -0.603. The second kappa shape index (κ2) is 11.4. The Bertz CT molecular complexity index is 796. The van der Waals surface area contributed by atoms with Crippen molar-refractivity contribution in [1.82, 2.24) is 0 Å². The third kappa shape index (κ3) is 6.46. The van der Waals surface area contributed by atoms with E-state index < -0.39 is 8.32 Å². The van der Waals surface area contributed by atoms with Crippen LogP contribution in [0.5, 0.6) is 0 Å². The molecule has 0 saturated heterocycles. The van der Waals surface area contributed by atoms with Gasteiger partial charge in [0.25, 0.3) is 0 Å². The van der Waals surface area contributed by atoms with Gasteiger partial charge in [0.1, 0.15) is 0 Å². The zero-order valence-electron chi connectivity index (χ0n) is 24.9. The minimum Gasteiger partial charge on any atom is -0.410 e. The summed E-state index contributed by atoms with van der Waals surface area (Å²) in [5.41, 5.74) is 5.18. The number of hydrogen-bond acceptors (Lipinski definition) is 1. The van der Waals surface area contributed by atoms with Gasteiger partial charge in [-0.1, -0.05) is 104 Å². The van der Waals surface area contributed by atoms with Gasteiger partial charge in [0.15, 0.2) is 8.32 Å². The second-order valence-electron chi connectivity index (χ2n) is 14.4. The Labute approximate surface area is 220 Å². The molecule has 1 nitrogen and oxygen atoms in total. The molecule has 3 rings (SSSR count). The highest BCUT2D eigenvalue weighted by Crippen LogP contribution is 2.60. The fraction of sp³-hybridized carbons (Fsp3) is 0.818. The maximum Gasteiger partial charge on any atom is 0.192 e. The summed E-state index contributed by atoms with van der Waals surface area (Å²) in [6.45, 7) is 26.2. The standard InChI is InChI=1S/C33H58OSi/c1-11-12-13-15-24(2)29-19-20-30-28(16-14-21-33(29,30)8)18-17-27-22-25(3)26(4)31(23-27)34-35(9,10)32(5,6)7/h17-18,24-25,29-31H,4,11-16,19-23H2,1-3,5-10H3/b27-17-,28-18+/t24-,25+,29+,30-,31+,33+/m0/s1. The van der Waals surface area contributed by atoms with Gasteiger partial charge < -0.3 is 4.43 Å². The lowest BCUT2D eigenvalue weighted by molar-refractivity contribution is 0.0932. The molecular formula is C33H58OSi. The highest BCUT2D eigenvalue weighted by molar-refractivity contribution is 6.74. The molecule has 35 heavy (non-hydrogen) atoms. The minimum atomic E-state index is -1.81. The van der Waals surface area contributed by atoms with Crippen LogP contribution in [0.2, 0.25) is 18.1 Å². The SMILES string of the molecule is C=C1[C@H](C)C/C(=C/C=C2\CCC[C@]3(C)[C@@H]([C@@H](C)CCCCC)CC[C@@H]23)C[C@H]1O[Si](C)(C)C(C)(C)C. The molecule has 0 radical (unpaired) electrons. The minimum absolute atomic E-state index is 0.195. The van der Waals surface area contributed by atoms with E-state index in [9.17, 15) is 0 Å². The molecule has 0 aromatic carbocycles. The van der Waals surface area contributed by atoms with Crippen molar-refractivity contribution in [3.8, 4) is 0 Å². The highest BCUT2D eigenvalue weighted by Gasteiger charge is 2.50. The third-order valence-electron chi connectivity index (χ3n) is 10.8. The Morgan fingerprint density at radius 1 is 1.14 bits per heavy atom. The van der Waals surface area contributed by atoms with E-state index in [0.717, 1.165) is 30.6 Å². The van der Waals surface area contributed by atoms with Gasteiger partial charge in [-0.15, -0.1) is 0 Å². The van der Waals surface area contributed by atoms with Crippen molar-refractivity contribution in [2.45, 2.75) is 143 Å². The van der Waals surface area contributed by atoms with Crippen molar-refractivity contribution in [2.24, 2.45) is 29.1 Å². The molecule has 0 aliphatic heterocycles. The maximum absolute atomic E-state index is 6.89. The lowest BCUT2D eigenvalue weighted by Gasteiger charge is -2.44. The van der Waals surface area contributed by atoms with Crippen LogP contribution in [0.15, 0.2) is 35.5 Å². The molecule has 3 saturated carbocycles. The molecule has 0 bridgehead atoms. The van der Waals surface area contributed by atoms with Crippen molar-refractivity contribution in [3.63, 3.8) is 0 Å². The summed E-state index contributed by atoms with van der Waals surface area (Å²) < 4.78 is 6.89. The van der Waals surface area contributed by atoms with Gasteiger partial charge in [-0.05, 0) is 97.7 Å². The van der Waals surface area contributed by atoms with Crippen molar-refractivity contribution in [2.75, 3.05) is 0 Å². The lowest BCUT2D eigenvalue weighted by atomic mass is 9.60. The first-order chi connectivity index (χ1) is 16.3. The molecule has 3 aliphatic rings. The fourth-order valence-corrected chi connectivity index (χ4v) is 8.74. The van der Waals surface area contributed by atoms with E-state index in [1.165, 1.54) is 63.4 Å². The van der Waals surface area contributed by atoms with Crippen molar-refractivity contribution < 1.29 is 4.43 Å². The van der Waals surface area contributed by atoms with Crippen LogP contribution in [0.25, 0.3) is 0 Å². The van der Waals surface area contributed by atoms with Crippen LogP contribution in [0.1, 0.15) is 119 Å². The zero-order chi connectivity index (χ0) is 26.0. The first-order valence-electron chi connectivity index (χ1n) is 15.0. The number of unbranched alkanes of at least 4 members (excludes halogenated alkanes) is 2. The summed E-state index contributed by atoms with van der Waals surface area (Å²) in [7, 11) is -1.81. The van der Waals surface area contributed by atoms with E-state index in [1.54, 1.807) is 11.1 Å². The molecule has 0 heterocycles. The smallest absolute Gasteiger partial charge is 0.192 e. The van der Waals surface area contributed by atoms with E-state index in [2.05, 4.69) is 80.3 Å². The normalized spacial score (nSPS) is 35.5. The fourth-order valence-electron chi connectivity index (χ4n) is 7.44. The Kier molecular flexibility index (Phi) is 9.45. The van der Waals surface area contributed by atoms with Crippen LogP contribution in [0.3, 0.4) is 0 Å². The number of fused-ring (bicyclic) bond motifs is 1. The molecule has 0 aromatic heterocycles. The van der Waals surface area contributed by atoms with Gasteiger partial charge in [0.05, 0.1) is 6.10 Å². The molecule has 0 spiro atoms. The van der Waals surface area contributed by atoms with Crippen LogP contribution in [0, 0.1) is 29.1 Å². The third-order valence-corrected chi connectivity index (χ3v) is 15.3. The maximum atomic E-state index is 6.89. The van der Waals surface area contributed by atoms with E-state index in [0.29, 0.717) is 11.3 Å². The second-order valence-corrected chi connectivity index (χ2v) is 19.1. The number of rotatable bonds is 8. The monoisotopic (exact) mass is 498 g/mol. The first kappa shape index (κ1) is 29.0. The van der Waals surface area contributed by atoms with Crippen LogP contribution >= 0.6 is 0 Å². The molecule has 2 heteroatoms. The summed E-state index contributed by atoms with van der Waals surface area (Å²) >= 11 is 0.